The van der Waals surface area contributed by atoms with Crippen molar-refractivity contribution in [1.82, 2.24) is 9.88 Å². The number of ether oxygens (including phenoxy) is 4. The van der Waals surface area contributed by atoms with Crippen LogP contribution in [0.1, 0.15) is 78.5 Å². The van der Waals surface area contributed by atoms with Crippen molar-refractivity contribution >= 4 is 22.8 Å². The quantitative estimate of drug-likeness (QED) is 0.253. The molecule has 10 heteroatoms. The molecule has 0 aliphatic carbocycles. The summed E-state index contributed by atoms with van der Waals surface area (Å²) < 4.78 is 38.2. The number of aromatic nitrogens is 1. The topological polar surface area (TPSA) is 107 Å². The molecule has 1 atom stereocenters. The molecule has 0 saturated carbocycles. The number of methoxy groups -OCH3 is 2. The molecule has 9 nitrogen and oxygen atoms in total. The first-order valence-corrected chi connectivity index (χ1v) is 15.4. The molecule has 45 heavy (non-hydrogen) atoms. The summed E-state index contributed by atoms with van der Waals surface area (Å²) in [6, 6.07) is 5.06. The van der Waals surface area contributed by atoms with Crippen LogP contribution in [0.2, 0.25) is 0 Å². The van der Waals surface area contributed by atoms with Crippen LogP contribution in [0.25, 0.3) is 22.0 Å². The van der Waals surface area contributed by atoms with E-state index >= 15 is 4.39 Å². The van der Waals surface area contributed by atoms with Crippen molar-refractivity contribution in [3.63, 3.8) is 0 Å². The third-order valence-electron chi connectivity index (χ3n) is 8.13. The molecular formula is C35H45FN2O7. The first-order chi connectivity index (χ1) is 21.3. The highest BCUT2D eigenvalue weighted by molar-refractivity contribution is 6.05. The van der Waals surface area contributed by atoms with Crippen molar-refractivity contribution in [1.29, 1.82) is 0 Å². The molecule has 4 rings (SSSR count). The molecule has 244 valence electrons. The number of hydrogen-bond donors (Lipinski definition) is 1. The maximum atomic E-state index is 15.8. The van der Waals surface area contributed by atoms with E-state index in [4.69, 9.17) is 23.9 Å². The summed E-state index contributed by atoms with van der Waals surface area (Å²) in [6.45, 7) is 12.8. The first kappa shape index (κ1) is 34.3. The number of carbonyl (C=O) groups excluding carboxylic acids is 1. The van der Waals surface area contributed by atoms with E-state index < -0.39 is 23.5 Å². The summed E-state index contributed by atoms with van der Waals surface area (Å²) in [6.07, 6.45) is 0.520. The summed E-state index contributed by atoms with van der Waals surface area (Å²) in [4.78, 5) is 33.5. The van der Waals surface area contributed by atoms with Gasteiger partial charge < -0.3 is 29.0 Å². The van der Waals surface area contributed by atoms with Crippen molar-refractivity contribution in [3.05, 3.63) is 57.5 Å². The van der Waals surface area contributed by atoms with Crippen molar-refractivity contribution in [2.24, 2.45) is 0 Å². The lowest BCUT2D eigenvalue weighted by Crippen LogP contribution is -2.37. The number of rotatable bonds is 12. The molecule has 0 spiro atoms. The molecule has 0 bridgehead atoms. The summed E-state index contributed by atoms with van der Waals surface area (Å²) in [5.74, 6) is -1.69. The van der Waals surface area contributed by atoms with E-state index in [0.717, 1.165) is 23.1 Å². The molecule has 1 amide bonds. The van der Waals surface area contributed by atoms with Crippen LogP contribution in [0.15, 0.2) is 18.2 Å². The minimum atomic E-state index is -1.41. The van der Waals surface area contributed by atoms with Crippen LogP contribution in [-0.2, 0) is 31.8 Å². The summed E-state index contributed by atoms with van der Waals surface area (Å²) in [7, 11) is 3.16. The predicted octanol–water partition coefficient (Wildman–Crippen LogP) is 6.22. The molecule has 1 aliphatic rings. The van der Waals surface area contributed by atoms with Gasteiger partial charge in [-0.2, -0.15) is 0 Å². The van der Waals surface area contributed by atoms with Crippen LogP contribution in [0.4, 0.5) is 4.39 Å². The highest BCUT2D eigenvalue weighted by atomic mass is 19.1. The van der Waals surface area contributed by atoms with E-state index in [9.17, 15) is 14.7 Å². The lowest BCUT2D eigenvalue weighted by Gasteiger charge is -2.29. The fourth-order valence-electron chi connectivity index (χ4n) is 5.99. The fourth-order valence-corrected chi connectivity index (χ4v) is 5.99. The number of pyridine rings is 1. The predicted molar refractivity (Wildman–Crippen MR) is 171 cm³/mol. The Kier molecular flexibility index (Phi) is 10.8. The Balaban J connectivity index is 2.11. The molecule has 0 fully saturated rings. The zero-order chi connectivity index (χ0) is 33.1. The van der Waals surface area contributed by atoms with Gasteiger partial charge in [0.2, 0.25) is 0 Å². The number of hydrogen-bond acceptors (Lipinski definition) is 7. The Morgan fingerprint density at radius 1 is 1.11 bits per heavy atom. The lowest BCUT2D eigenvalue weighted by molar-refractivity contribution is -0.160. The molecule has 0 radical (unpaired) electrons. The van der Waals surface area contributed by atoms with Crippen LogP contribution < -0.4 is 4.74 Å². The van der Waals surface area contributed by atoms with Crippen LogP contribution in [-0.4, -0.2) is 79.6 Å². The number of nitrogens with zero attached hydrogens (tertiary/aromatic N) is 2. The maximum Gasteiger partial charge on any atom is 0.337 e. The second-order valence-corrected chi connectivity index (χ2v) is 12.4. The van der Waals surface area contributed by atoms with Gasteiger partial charge in [-0.15, -0.1) is 0 Å². The van der Waals surface area contributed by atoms with Gasteiger partial charge in [0.15, 0.2) is 17.7 Å². The summed E-state index contributed by atoms with van der Waals surface area (Å²) in [5.41, 5.74) is 4.32. The number of fused-ring (bicyclic) bond motifs is 2. The van der Waals surface area contributed by atoms with E-state index in [2.05, 4.69) is 0 Å². The average molecular weight is 625 g/mol. The highest BCUT2D eigenvalue weighted by Gasteiger charge is 2.34. The van der Waals surface area contributed by atoms with Gasteiger partial charge in [0.05, 0.1) is 30.9 Å². The largest absolute Gasteiger partial charge is 0.490 e. The third-order valence-corrected chi connectivity index (χ3v) is 8.13. The summed E-state index contributed by atoms with van der Waals surface area (Å²) in [5, 5.41) is 11.0. The highest BCUT2D eigenvalue weighted by Crippen LogP contribution is 2.45. The average Bonchev–Trinajstić information content (AvgIpc) is 3.00. The molecule has 1 N–H and O–H groups in total. The van der Waals surface area contributed by atoms with Crippen LogP contribution >= 0.6 is 0 Å². The molecule has 3 aromatic rings. The van der Waals surface area contributed by atoms with E-state index in [1.807, 2.05) is 19.9 Å². The van der Waals surface area contributed by atoms with Crippen LogP contribution in [0.5, 0.6) is 5.75 Å². The molecule has 0 saturated heterocycles. The van der Waals surface area contributed by atoms with Gasteiger partial charge in [-0.3, -0.25) is 9.78 Å². The molecule has 2 heterocycles. The first-order valence-electron chi connectivity index (χ1n) is 15.4. The molecule has 2 aromatic carbocycles. The normalized spacial score (nSPS) is 13.8. The van der Waals surface area contributed by atoms with Gasteiger partial charge in [-0.25, -0.2) is 9.18 Å². The Morgan fingerprint density at radius 2 is 1.78 bits per heavy atom. The van der Waals surface area contributed by atoms with Crippen LogP contribution in [0.3, 0.4) is 0 Å². The van der Waals surface area contributed by atoms with Crippen LogP contribution in [0, 0.1) is 19.7 Å². The van der Waals surface area contributed by atoms with Gasteiger partial charge in [-0.1, -0.05) is 6.92 Å². The van der Waals surface area contributed by atoms with Gasteiger partial charge in [0, 0.05) is 55.1 Å². The Labute approximate surface area is 264 Å². The number of aliphatic carboxylic acids is 1. The zero-order valence-electron chi connectivity index (χ0n) is 27.6. The fraction of sp³-hybridized carbons (Fsp3) is 0.514. The van der Waals surface area contributed by atoms with Gasteiger partial charge >= 0.3 is 5.97 Å². The SMILES string of the molecule is CCc1cc2nc(C)c(C(OC(C)(C)C)C(=O)O)c(-c3cc(F)c4c(c3C)CCCO4)c2cc1C(=O)N(CCOC)CCOC. The Hall–Kier alpha value is -3.60. The lowest BCUT2D eigenvalue weighted by atomic mass is 9.85. The standard InChI is InChI=1S/C35H45FN2O7/c1-9-22-17-28-26(18-25(22)33(39)38(12-15-42-7)13-16-43-8)30(24-19-27(36)31-23(20(24)2)11-10-14-44-31)29(21(3)37-28)32(34(40)41)45-35(4,5)6/h17-19,32H,9-16H2,1-8H3,(H,40,41). The maximum absolute atomic E-state index is 15.8. The second-order valence-electron chi connectivity index (χ2n) is 12.4. The minimum Gasteiger partial charge on any atom is -0.490 e. The molecular weight excluding hydrogens is 579 g/mol. The monoisotopic (exact) mass is 624 g/mol. The summed E-state index contributed by atoms with van der Waals surface area (Å²) >= 11 is 0. The van der Waals surface area contributed by atoms with E-state index in [1.165, 1.54) is 6.07 Å². The van der Waals surface area contributed by atoms with Crippen molar-refractivity contribution in [2.45, 2.75) is 72.5 Å². The third kappa shape index (κ3) is 7.29. The molecule has 1 aromatic heterocycles. The van der Waals surface area contributed by atoms with E-state index in [0.29, 0.717) is 84.6 Å². The van der Waals surface area contributed by atoms with Gasteiger partial charge in [0.1, 0.15) is 0 Å². The second kappa shape index (κ2) is 14.2. The Morgan fingerprint density at radius 3 is 2.36 bits per heavy atom. The number of carboxylic acids is 1. The molecule has 1 aliphatic heterocycles. The smallest absolute Gasteiger partial charge is 0.337 e. The number of carbonyl (C=O) groups is 2. The number of amides is 1. The Bertz CT molecular complexity index is 1570. The minimum absolute atomic E-state index is 0.210. The van der Waals surface area contributed by atoms with Crippen molar-refractivity contribution < 1.29 is 38.0 Å². The number of halogens is 1. The van der Waals surface area contributed by atoms with E-state index in [-0.39, 0.29) is 11.7 Å². The molecule has 1 unspecified atom stereocenters. The van der Waals surface area contributed by atoms with Crippen molar-refractivity contribution in [3.8, 4) is 16.9 Å². The van der Waals surface area contributed by atoms with Gasteiger partial charge in [0.25, 0.3) is 5.91 Å². The number of benzene rings is 2. The zero-order valence-corrected chi connectivity index (χ0v) is 27.6. The number of aryl methyl sites for hydroxylation is 2. The van der Waals surface area contributed by atoms with E-state index in [1.54, 1.807) is 52.9 Å². The van der Waals surface area contributed by atoms with Gasteiger partial charge in [-0.05, 0) is 94.3 Å². The van der Waals surface area contributed by atoms with Crippen molar-refractivity contribution in [2.75, 3.05) is 47.1 Å². The number of carboxylic acid groups (broad SMARTS) is 1.